The Hall–Kier alpha value is -3.83. The highest BCUT2D eigenvalue weighted by Crippen LogP contribution is 2.58. The number of fused-ring (bicyclic) bond motifs is 1. The predicted octanol–water partition coefficient (Wildman–Crippen LogP) is 6.17. The number of benzene rings is 3. The zero-order valence-corrected chi connectivity index (χ0v) is 20.6. The number of carbonyl (C=O) groups is 2. The number of allylic oxidation sites excluding steroid dienone is 3. The Balaban J connectivity index is 1.80. The van der Waals surface area contributed by atoms with Crippen LogP contribution in [-0.2, 0) is 15.0 Å². The summed E-state index contributed by atoms with van der Waals surface area (Å²) in [7, 11) is 0. The number of hydrogen-bond donors (Lipinski definition) is 1. The summed E-state index contributed by atoms with van der Waals surface area (Å²) in [6.07, 6.45) is 4.13. The molecule has 3 aromatic rings. The normalized spacial score (nSPS) is 23.3. The Morgan fingerprint density at radius 3 is 2.58 bits per heavy atom. The Morgan fingerprint density at radius 1 is 1.11 bits per heavy atom. The molecular weight excluding hydrogens is 474 g/mol. The van der Waals surface area contributed by atoms with E-state index in [4.69, 9.17) is 16.3 Å². The van der Waals surface area contributed by atoms with Gasteiger partial charge in [0.25, 0.3) is 0 Å². The van der Waals surface area contributed by atoms with Crippen molar-refractivity contribution in [2.45, 2.75) is 24.7 Å². The minimum Gasteiger partial charge on any atom is -0.504 e. The summed E-state index contributed by atoms with van der Waals surface area (Å²) in [6, 6.07) is 21.4. The van der Waals surface area contributed by atoms with Gasteiger partial charge in [0.1, 0.15) is 0 Å². The number of carbonyl (C=O) groups excluding carboxylic acids is 2. The molecule has 1 fully saturated rings. The van der Waals surface area contributed by atoms with E-state index in [1.54, 1.807) is 48.5 Å². The monoisotopic (exact) mass is 499 g/mol. The molecule has 1 aliphatic heterocycles. The summed E-state index contributed by atoms with van der Waals surface area (Å²) in [5, 5.41) is 10.8. The van der Waals surface area contributed by atoms with Gasteiger partial charge in [0.05, 0.1) is 23.6 Å². The average molecular weight is 500 g/mol. The molecule has 5 rings (SSSR count). The molecular formula is C30H26ClNO4. The first kappa shape index (κ1) is 23.9. The number of amides is 2. The molecule has 0 unspecified atom stereocenters. The van der Waals surface area contributed by atoms with E-state index in [1.165, 1.54) is 4.90 Å². The molecule has 0 radical (unpaired) electrons. The van der Waals surface area contributed by atoms with Crippen molar-refractivity contribution in [2.75, 3.05) is 11.5 Å². The second kappa shape index (κ2) is 9.32. The number of phenols is 1. The lowest BCUT2D eigenvalue weighted by atomic mass is 9.56. The van der Waals surface area contributed by atoms with Gasteiger partial charge in [-0.15, -0.1) is 0 Å². The summed E-state index contributed by atoms with van der Waals surface area (Å²) in [5.41, 5.74) is 1.57. The molecule has 36 heavy (non-hydrogen) atoms. The van der Waals surface area contributed by atoms with E-state index in [1.807, 2.05) is 43.3 Å². The highest BCUT2D eigenvalue weighted by molar-refractivity contribution is 6.32. The fourth-order valence-corrected chi connectivity index (χ4v) is 5.92. The summed E-state index contributed by atoms with van der Waals surface area (Å²) in [4.78, 5) is 29.9. The van der Waals surface area contributed by atoms with Gasteiger partial charge in [-0.1, -0.05) is 72.8 Å². The average Bonchev–Trinajstić information content (AvgIpc) is 3.12. The molecule has 3 aromatic carbocycles. The number of anilines is 1. The van der Waals surface area contributed by atoms with Crippen molar-refractivity contribution in [2.24, 2.45) is 5.92 Å². The Kier molecular flexibility index (Phi) is 6.19. The van der Waals surface area contributed by atoms with Crippen LogP contribution in [0.4, 0.5) is 5.69 Å². The van der Waals surface area contributed by atoms with Crippen LogP contribution in [0.2, 0.25) is 5.02 Å². The lowest BCUT2D eigenvalue weighted by molar-refractivity contribution is -0.123. The summed E-state index contributed by atoms with van der Waals surface area (Å²) in [6.45, 7) is 6.24. The highest BCUT2D eigenvalue weighted by atomic mass is 35.5. The molecule has 2 aliphatic rings. The number of ether oxygens (including phenoxy) is 1. The van der Waals surface area contributed by atoms with Crippen LogP contribution < -0.4 is 9.64 Å². The zero-order valence-electron chi connectivity index (χ0n) is 19.9. The standard InChI is InChI=1S/C30H26ClNO4/c1-3-19-13-15-24-28(34)32(23-12-8-11-22(31)18-23)29(35)30(24,21-9-6-5-7-10-21)27(19)20-14-16-25(33)26(17-20)36-4-2/h3,5-14,16-18,24,27,33H,1,4,15H2,2H3/t24-,27+,30+/m0/s1. The number of aromatic hydroxyl groups is 1. The molecule has 5 nitrogen and oxygen atoms in total. The molecule has 0 bridgehead atoms. The van der Waals surface area contributed by atoms with Crippen LogP contribution in [0.5, 0.6) is 11.5 Å². The predicted molar refractivity (Wildman–Crippen MR) is 140 cm³/mol. The van der Waals surface area contributed by atoms with Gasteiger partial charge in [0.15, 0.2) is 11.5 Å². The lowest BCUT2D eigenvalue weighted by Crippen LogP contribution is -2.48. The van der Waals surface area contributed by atoms with Gasteiger partial charge >= 0.3 is 0 Å². The lowest BCUT2D eigenvalue weighted by Gasteiger charge is -2.43. The topological polar surface area (TPSA) is 66.8 Å². The van der Waals surface area contributed by atoms with Crippen molar-refractivity contribution in [1.82, 2.24) is 0 Å². The summed E-state index contributed by atoms with van der Waals surface area (Å²) < 4.78 is 5.67. The number of nitrogens with zero attached hydrogens (tertiary/aromatic N) is 1. The van der Waals surface area contributed by atoms with E-state index >= 15 is 0 Å². The molecule has 1 saturated heterocycles. The van der Waals surface area contributed by atoms with Crippen LogP contribution in [-0.4, -0.2) is 23.5 Å². The minimum atomic E-state index is -1.22. The third-order valence-electron chi connectivity index (χ3n) is 7.17. The van der Waals surface area contributed by atoms with E-state index < -0.39 is 17.3 Å². The zero-order chi connectivity index (χ0) is 25.4. The van der Waals surface area contributed by atoms with Crippen LogP contribution in [0, 0.1) is 5.92 Å². The molecule has 2 amide bonds. The van der Waals surface area contributed by atoms with Crippen molar-refractivity contribution >= 4 is 29.1 Å². The van der Waals surface area contributed by atoms with Crippen molar-refractivity contribution in [3.63, 3.8) is 0 Å². The van der Waals surface area contributed by atoms with E-state index in [0.29, 0.717) is 29.5 Å². The molecule has 0 spiro atoms. The maximum atomic E-state index is 14.6. The first-order valence-electron chi connectivity index (χ1n) is 11.9. The fraction of sp³-hybridized carbons (Fsp3) is 0.200. The van der Waals surface area contributed by atoms with E-state index in [9.17, 15) is 14.7 Å². The molecule has 1 N–H and O–H groups in total. The molecule has 0 aromatic heterocycles. The van der Waals surface area contributed by atoms with Gasteiger partial charge in [0.2, 0.25) is 11.8 Å². The van der Waals surface area contributed by atoms with Gasteiger partial charge < -0.3 is 9.84 Å². The molecule has 0 saturated carbocycles. The van der Waals surface area contributed by atoms with E-state index in [0.717, 1.165) is 16.7 Å². The number of halogens is 1. The van der Waals surface area contributed by atoms with Crippen LogP contribution in [0.15, 0.2) is 97.1 Å². The van der Waals surface area contributed by atoms with Gasteiger partial charge in [0, 0.05) is 10.9 Å². The summed E-state index contributed by atoms with van der Waals surface area (Å²) in [5.74, 6) is -1.40. The smallest absolute Gasteiger partial charge is 0.246 e. The van der Waals surface area contributed by atoms with Crippen molar-refractivity contribution < 1.29 is 19.4 Å². The number of phenolic OH excluding ortho intramolecular Hbond substituents is 1. The maximum Gasteiger partial charge on any atom is 0.246 e. The van der Waals surface area contributed by atoms with Crippen molar-refractivity contribution in [1.29, 1.82) is 0 Å². The second-order valence-corrected chi connectivity index (χ2v) is 9.42. The van der Waals surface area contributed by atoms with Crippen molar-refractivity contribution in [3.8, 4) is 11.5 Å². The number of hydrogen-bond acceptors (Lipinski definition) is 4. The minimum absolute atomic E-state index is 0.0141. The van der Waals surface area contributed by atoms with Crippen LogP contribution in [0.1, 0.15) is 30.4 Å². The second-order valence-electron chi connectivity index (χ2n) is 8.98. The first-order chi connectivity index (χ1) is 17.4. The van der Waals surface area contributed by atoms with Crippen molar-refractivity contribution in [3.05, 3.63) is 113 Å². The third-order valence-corrected chi connectivity index (χ3v) is 7.41. The third kappa shape index (κ3) is 3.54. The van der Waals surface area contributed by atoms with E-state index in [2.05, 4.69) is 6.58 Å². The Morgan fingerprint density at radius 2 is 1.89 bits per heavy atom. The van der Waals surface area contributed by atoms with Crippen LogP contribution in [0.25, 0.3) is 0 Å². The summed E-state index contributed by atoms with van der Waals surface area (Å²) >= 11 is 6.24. The maximum absolute atomic E-state index is 14.6. The molecule has 1 heterocycles. The molecule has 3 atom stereocenters. The molecule has 6 heteroatoms. The first-order valence-corrected chi connectivity index (χ1v) is 12.3. The Labute approximate surface area is 215 Å². The van der Waals surface area contributed by atoms with Gasteiger partial charge in [-0.25, -0.2) is 4.90 Å². The number of imide groups is 1. The van der Waals surface area contributed by atoms with Gasteiger partial charge in [-0.05, 0) is 60.4 Å². The highest BCUT2D eigenvalue weighted by Gasteiger charge is 2.65. The largest absolute Gasteiger partial charge is 0.504 e. The molecule has 1 aliphatic carbocycles. The van der Waals surface area contributed by atoms with Crippen LogP contribution >= 0.6 is 11.6 Å². The van der Waals surface area contributed by atoms with Crippen LogP contribution in [0.3, 0.4) is 0 Å². The van der Waals surface area contributed by atoms with Gasteiger partial charge in [-0.3, -0.25) is 9.59 Å². The van der Waals surface area contributed by atoms with E-state index in [-0.39, 0.29) is 17.6 Å². The SMILES string of the molecule is C=CC1=CC[C@H]2C(=O)N(c3cccc(Cl)c3)C(=O)[C@@]2(c2ccccc2)[C@H]1c1ccc(O)c(OCC)c1. The quantitative estimate of drug-likeness (QED) is 0.412. The van der Waals surface area contributed by atoms with Gasteiger partial charge in [-0.2, -0.15) is 0 Å². The fourth-order valence-electron chi connectivity index (χ4n) is 5.73. The number of rotatable bonds is 6. The molecule has 182 valence electrons. The Bertz CT molecular complexity index is 1380.